The van der Waals surface area contributed by atoms with Crippen molar-refractivity contribution in [2.75, 3.05) is 6.54 Å². The minimum Gasteiger partial charge on any atom is -0.480 e. The number of rotatable bonds is 5. The molecule has 2 amide bonds. The average Bonchev–Trinajstić information content (AvgIpc) is 2.70. The minimum absolute atomic E-state index is 0.355. The molecule has 0 saturated heterocycles. The van der Waals surface area contributed by atoms with E-state index in [1.807, 2.05) is 0 Å². The Labute approximate surface area is 91.5 Å². The molecule has 8 heteroatoms. The zero-order valence-electron chi connectivity index (χ0n) is 8.73. The van der Waals surface area contributed by atoms with Gasteiger partial charge in [0, 0.05) is 13.0 Å². The first-order valence-corrected chi connectivity index (χ1v) is 4.71. The molecule has 0 aromatic carbocycles. The number of H-pyrrole nitrogens is 1. The minimum atomic E-state index is -1.08. The first kappa shape index (κ1) is 12.0. The highest BCUT2D eigenvalue weighted by molar-refractivity contribution is 5.82. The van der Waals surface area contributed by atoms with Gasteiger partial charge in [0.2, 0.25) is 0 Å². The smallest absolute Gasteiger partial charge is 0.325 e. The molecule has 1 heterocycles. The van der Waals surface area contributed by atoms with Gasteiger partial charge in [0.15, 0.2) is 0 Å². The summed E-state index contributed by atoms with van der Waals surface area (Å²) >= 11 is 0. The molecule has 0 aliphatic rings. The van der Waals surface area contributed by atoms with Crippen molar-refractivity contribution < 1.29 is 14.7 Å². The maximum atomic E-state index is 11.2. The summed E-state index contributed by atoms with van der Waals surface area (Å²) in [6, 6.07) is -1.43. The number of aliphatic carboxylic acids is 1. The Balaban J connectivity index is 2.18. The van der Waals surface area contributed by atoms with Crippen molar-refractivity contribution in [3.8, 4) is 0 Å². The number of carbonyl (C=O) groups excluding carboxylic acids is 1. The maximum Gasteiger partial charge on any atom is 0.325 e. The molecule has 1 rings (SSSR count). The lowest BCUT2D eigenvalue weighted by Crippen LogP contribution is -2.44. The van der Waals surface area contributed by atoms with E-state index in [4.69, 9.17) is 5.11 Å². The Bertz CT molecular complexity index is 351. The molecule has 0 bridgehead atoms. The number of carboxylic acids is 1. The Hall–Kier alpha value is -2.12. The van der Waals surface area contributed by atoms with Crippen LogP contribution >= 0.6 is 0 Å². The molecular formula is C8H13N5O3. The molecule has 16 heavy (non-hydrogen) atoms. The van der Waals surface area contributed by atoms with Crippen molar-refractivity contribution in [2.24, 2.45) is 0 Å². The van der Waals surface area contributed by atoms with Gasteiger partial charge in [0.25, 0.3) is 0 Å². The van der Waals surface area contributed by atoms with Crippen LogP contribution < -0.4 is 10.6 Å². The number of aromatic amines is 1. The van der Waals surface area contributed by atoms with Gasteiger partial charge in [0.1, 0.15) is 18.2 Å². The second kappa shape index (κ2) is 5.69. The highest BCUT2D eigenvalue weighted by atomic mass is 16.4. The topological polar surface area (TPSA) is 120 Å². The molecule has 88 valence electrons. The van der Waals surface area contributed by atoms with E-state index in [2.05, 4.69) is 25.8 Å². The number of urea groups is 1. The van der Waals surface area contributed by atoms with Crippen LogP contribution in [0.25, 0.3) is 0 Å². The number of hydrogen-bond donors (Lipinski definition) is 4. The molecule has 1 unspecified atom stereocenters. The van der Waals surface area contributed by atoms with Gasteiger partial charge in [-0.1, -0.05) is 0 Å². The number of aromatic nitrogens is 3. The summed E-state index contributed by atoms with van der Waals surface area (Å²) in [5.74, 6) is -0.419. The number of carboxylic acid groups (broad SMARTS) is 1. The van der Waals surface area contributed by atoms with Crippen LogP contribution in [-0.2, 0) is 11.2 Å². The lowest BCUT2D eigenvalue weighted by molar-refractivity contribution is -0.138. The second-order valence-electron chi connectivity index (χ2n) is 3.14. The first-order valence-electron chi connectivity index (χ1n) is 4.71. The highest BCUT2D eigenvalue weighted by Crippen LogP contribution is 1.86. The second-order valence-corrected chi connectivity index (χ2v) is 3.14. The van der Waals surface area contributed by atoms with E-state index in [0.29, 0.717) is 18.8 Å². The van der Waals surface area contributed by atoms with Crippen LogP contribution in [0.1, 0.15) is 12.7 Å². The predicted octanol–water partition coefficient (Wildman–Crippen LogP) is -0.880. The van der Waals surface area contributed by atoms with E-state index in [1.54, 1.807) is 0 Å². The van der Waals surface area contributed by atoms with Crippen LogP contribution in [0.2, 0.25) is 0 Å². The molecule has 0 aliphatic carbocycles. The number of carbonyl (C=O) groups is 2. The average molecular weight is 227 g/mol. The summed E-state index contributed by atoms with van der Waals surface area (Å²) in [4.78, 5) is 25.5. The molecule has 1 atom stereocenters. The van der Waals surface area contributed by atoms with Crippen molar-refractivity contribution in [2.45, 2.75) is 19.4 Å². The Morgan fingerprint density at radius 1 is 1.62 bits per heavy atom. The molecule has 0 spiro atoms. The summed E-state index contributed by atoms with van der Waals surface area (Å²) in [6.07, 6.45) is 1.89. The van der Waals surface area contributed by atoms with Crippen LogP contribution in [0.3, 0.4) is 0 Å². The van der Waals surface area contributed by atoms with E-state index in [-0.39, 0.29) is 0 Å². The molecular weight excluding hydrogens is 214 g/mol. The predicted molar refractivity (Wildman–Crippen MR) is 53.7 cm³/mol. The van der Waals surface area contributed by atoms with E-state index in [1.165, 1.54) is 13.3 Å². The van der Waals surface area contributed by atoms with Gasteiger partial charge in [-0.3, -0.25) is 9.89 Å². The van der Waals surface area contributed by atoms with Crippen molar-refractivity contribution in [3.63, 3.8) is 0 Å². The van der Waals surface area contributed by atoms with Crippen molar-refractivity contribution in [3.05, 3.63) is 12.2 Å². The van der Waals surface area contributed by atoms with Gasteiger partial charge >= 0.3 is 12.0 Å². The molecule has 0 saturated carbocycles. The maximum absolute atomic E-state index is 11.2. The molecule has 1 aromatic rings. The number of nitrogens with one attached hydrogen (secondary N) is 3. The summed E-state index contributed by atoms with van der Waals surface area (Å²) < 4.78 is 0. The fourth-order valence-corrected chi connectivity index (χ4v) is 0.955. The van der Waals surface area contributed by atoms with Crippen LogP contribution in [0.15, 0.2) is 6.33 Å². The van der Waals surface area contributed by atoms with Gasteiger partial charge in [0.05, 0.1) is 0 Å². The largest absolute Gasteiger partial charge is 0.480 e. The Kier molecular flexibility index (Phi) is 4.25. The van der Waals surface area contributed by atoms with Gasteiger partial charge in [-0.05, 0) is 6.92 Å². The number of amides is 2. The number of hydrogen-bond acceptors (Lipinski definition) is 4. The lowest BCUT2D eigenvalue weighted by atomic mass is 10.3. The Morgan fingerprint density at radius 3 is 2.94 bits per heavy atom. The van der Waals surface area contributed by atoms with Crippen LogP contribution in [0.5, 0.6) is 0 Å². The summed E-state index contributed by atoms with van der Waals surface area (Å²) in [6.45, 7) is 1.74. The molecule has 0 fully saturated rings. The third kappa shape index (κ3) is 3.95. The zero-order valence-corrected chi connectivity index (χ0v) is 8.73. The lowest BCUT2D eigenvalue weighted by Gasteiger charge is -2.09. The molecule has 0 aliphatic heterocycles. The first-order chi connectivity index (χ1) is 7.59. The normalized spacial score (nSPS) is 11.8. The highest BCUT2D eigenvalue weighted by Gasteiger charge is 2.12. The van der Waals surface area contributed by atoms with Crippen molar-refractivity contribution in [1.29, 1.82) is 0 Å². The zero-order chi connectivity index (χ0) is 12.0. The van der Waals surface area contributed by atoms with E-state index >= 15 is 0 Å². The van der Waals surface area contributed by atoms with Gasteiger partial charge in [-0.2, -0.15) is 5.10 Å². The molecule has 4 N–H and O–H groups in total. The van der Waals surface area contributed by atoms with Crippen molar-refractivity contribution >= 4 is 12.0 Å². The summed E-state index contributed by atoms with van der Waals surface area (Å²) in [5.41, 5.74) is 0. The number of nitrogens with zero attached hydrogens (tertiary/aromatic N) is 2. The third-order valence-electron chi connectivity index (χ3n) is 1.83. The standard InChI is InChI=1S/C8H13N5O3/c1-5(7(14)15)12-8(16)9-3-2-6-10-4-11-13-6/h4-5H,2-3H2,1H3,(H,14,15)(H2,9,12,16)(H,10,11,13). The SMILES string of the molecule is CC(NC(=O)NCCc1ncn[nH]1)C(=O)O. The van der Waals surface area contributed by atoms with E-state index in [0.717, 1.165) is 0 Å². The molecule has 8 nitrogen and oxygen atoms in total. The van der Waals surface area contributed by atoms with E-state index < -0.39 is 18.0 Å². The van der Waals surface area contributed by atoms with E-state index in [9.17, 15) is 9.59 Å². The van der Waals surface area contributed by atoms with Gasteiger partial charge in [-0.25, -0.2) is 9.78 Å². The van der Waals surface area contributed by atoms with Crippen LogP contribution in [0.4, 0.5) is 4.79 Å². The molecule has 0 radical (unpaired) electrons. The van der Waals surface area contributed by atoms with Gasteiger partial charge < -0.3 is 15.7 Å². The van der Waals surface area contributed by atoms with Crippen LogP contribution in [0, 0.1) is 0 Å². The Morgan fingerprint density at radius 2 is 2.38 bits per heavy atom. The van der Waals surface area contributed by atoms with Crippen LogP contribution in [-0.4, -0.2) is 44.9 Å². The monoisotopic (exact) mass is 227 g/mol. The third-order valence-corrected chi connectivity index (χ3v) is 1.83. The fraction of sp³-hybridized carbons (Fsp3) is 0.500. The summed E-state index contributed by atoms with van der Waals surface area (Å²) in [5, 5.41) is 19.6. The fourth-order valence-electron chi connectivity index (χ4n) is 0.955. The molecule has 1 aromatic heterocycles. The van der Waals surface area contributed by atoms with Gasteiger partial charge in [-0.15, -0.1) is 0 Å². The van der Waals surface area contributed by atoms with Crippen molar-refractivity contribution in [1.82, 2.24) is 25.8 Å². The quantitative estimate of drug-likeness (QED) is 0.520. The summed E-state index contributed by atoms with van der Waals surface area (Å²) in [7, 11) is 0.